The van der Waals surface area contributed by atoms with Crippen molar-refractivity contribution in [1.29, 1.82) is 5.26 Å². The van der Waals surface area contributed by atoms with Gasteiger partial charge in [0.25, 0.3) is 0 Å². The quantitative estimate of drug-likeness (QED) is 0.843. The molecule has 25 heavy (non-hydrogen) atoms. The van der Waals surface area contributed by atoms with Crippen LogP contribution in [0.25, 0.3) is 0 Å². The lowest BCUT2D eigenvalue weighted by Crippen LogP contribution is -2.43. The zero-order valence-electron chi connectivity index (χ0n) is 13.8. The van der Waals surface area contributed by atoms with E-state index >= 15 is 0 Å². The third-order valence-corrected chi connectivity index (χ3v) is 4.45. The molecule has 5 heteroatoms. The van der Waals surface area contributed by atoms with Gasteiger partial charge in [-0.2, -0.15) is 5.26 Å². The molecule has 1 aliphatic heterocycles. The van der Waals surface area contributed by atoms with Crippen LogP contribution >= 0.6 is 0 Å². The molecule has 126 valence electrons. The van der Waals surface area contributed by atoms with Crippen LogP contribution in [-0.4, -0.2) is 28.1 Å². The Hall–Kier alpha value is -3.00. The highest BCUT2D eigenvalue weighted by Gasteiger charge is 2.37. The lowest BCUT2D eigenvalue weighted by Gasteiger charge is -2.34. The first kappa shape index (κ1) is 16.8. The third kappa shape index (κ3) is 3.58. The fourth-order valence-corrected chi connectivity index (χ4v) is 3.21. The standard InChI is InChI=1S/C20H19N3O2/c21-14-16(17-10-4-6-12-22-17)20(25)19(15-8-2-1-3-9-15)23-13-7-5-11-18(23)24/h1-4,6,8-10,12,16,19H,5,7,11,13H2/t16-,19-/m0/s1. The molecule has 0 radical (unpaired) electrons. The number of likely N-dealkylation sites (tertiary alicyclic amines) is 1. The van der Waals surface area contributed by atoms with Gasteiger partial charge in [0.1, 0.15) is 12.0 Å². The zero-order chi connectivity index (χ0) is 17.6. The number of carbonyl (C=O) groups excluding carboxylic acids is 2. The summed E-state index contributed by atoms with van der Waals surface area (Å²) in [6.07, 6.45) is 3.71. The number of pyridine rings is 1. The fourth-order valence-electron chi connectivity index (χ4n) is 3.21. The lowest BCUT2D eigenvalue weighted by atomic mass is 9.89. The minimum absolute atomic E-state index is 0.0360. The number of rotatable bonds is 5. The summed E-state index contributed by atoms with van der Waals surface area (Å²) in [5, 5.41) is 9.60. The molecular formula is C20H19N3O2. The smallest absolute Gasteiger partial charge is 0.223 e. The van der Waals surface area contributed by atoms with Crippen molar-refractivity contribution in [2.24, 2.45) is 0 Å². The van der Waals surface area contributed by atoms with Crippen molar-refractivity contribution in [2.45, 2.75) is 31.2 Å². The number of nitriles is 1. The second-order valence-electron chi connectivity index (χ2n) is 6.08. The van der Waals surface area contributed by atoms with Crippen LogP contribution < -0.4 is 0 Å². The van der Waals surface area contributed by atoms with Gasteiger partial charge in [0, 0.05) is 19.2 Å². The van der Waals surface area contributed by atoms with E-state index in [0.29, 0.717) is 18.7 Å². The van der Waals surface area contributed by atoms with Gasteiger partial charge in [-0.25, -0.2) is 0 Å². The number of carbonyl (C=O) groups is 2. The number of Topliss-reactive ketones (excluding diaryl/α,β-unsaturated/α-hetero) is 1. The van der Waals surface area contributed by atoms with Crippen molar-refractivity contribution >= 4 is 11.7 Å². The molecule has 2 aromatic rings. The van der Waals surface area contributed by atoms with Crippen LogP contribution in [0.5, 0.6) is 0 Å². The molecule has 0 unspecified atom stereocenters. The highest BCUT2D eigenvalue weighted by Crippen LogP contribution is 2.31. The molecule has 2 atom stereocenters. The predicted molar refractivity (Wildman–Crippen MR) is 92.3 cm³/mol. The Morgan fingerprint density at radius 1 is 1.12 bits per heavy atom. The Kier molecular flexibility index (Phi) is 5.20. The second kappa shape index (κ2) is 7.71. The summed E-state index contributed by atoms with van der Waals surface area (Å²) in [6.45, 7) is 0.532. The Balaban J connectivity index is 2.00. The average molecular weight is 333 g/mol. The third-order valence-electron chi connectivity index (χ3n) is 4.45. The van der Waals surface area contributed by atoms with Gasteiger partial charge in [-0.05, 0) is 30.5 Å². The maximum atomic E-state index is 13.3. The summed E-state index contributed by atoms with van der Waals surface area (Å²) in [7, 11) is 0. The Labute approximate surface area is 146 Å². The number of nitrogens with zero attached hydrogens (tertiary/aromatic N) is 3. The molecule has 1 amide bonds. The van der Waals surface area contributed by atoms with Gasteiger partial charge in [0.15, 0.2) is 5.78 Å². The van der Waals surface area contributed by atoms with E-state index < -0.39 is 12.0 Å². The summed E-state index contributed by atoms with van der Waals surface area (Å²) < 4.78 is 0. The van der Waals surface area contributed by atoms with Crippen molar-refractivity contribution in [3.63, 3.8) is 0 Å². The zero-order valence-corrected chi connectivity index (χ0v) is 13.8. The van der Waals surface area contributed by atoms with E-state index in [4.69, 9.17) is 0 Å². The average Bonchev–Trinajstić information content (AvgIpc) is 2.66. The van der Waals surface area contributed by atoms with Gasteiger partial charge in [-0.3, -0.25) is 14.6 Å². The molecule has 0 bridgehead atoms. The second-order valence-corrected chi connectivity index (χ2v) is 6.08. The molecular weight excluding hydrogens is 314 g/mol. The Morgan fingerprint density at radius 3 is 2.52 bits per heavy atom. The van der Waals surface area contributed by atoms with Crippen LogP contribution in [0.4, 0.5) is 0 Å². The van der Waals surface area contributed by atoms with E-state index in [-0.39, 0.29) is 11.7 Å². The molecule has 0 N–H and O–H groups in total. The molecule has 1 fully saturated rings. The summed E-state index contributed by atoms with van der Waals surface area (Å²) in [4.78, 5) is 31.5. The lowest BCUT2D eigenvalue weighted by molar-refractivity contribution is -0.142. The molecule has 0 saturated carbocycles. The fraction of sp³-hybridized carbons (Fsp3) is 0.300. The minimum atomic E-state index is -0.999. The topological polar surface area (TPSA) is 74.1 Å². The first-order chi connectivity index (χ1) is 12.2. The van der Waals surface area contributed by atoms with Crippen molar-refractivity contribution in [1.82, 2.24) is 9.88 Å². The van der Waals surface area contributed by atoms with Gasteiger partial charge in [0.2, 0.25) is 5.91 Å². The molecule has 0 spiro atoms. The number of hydrogen-bond acceptors (Lipinski definition) is 4. The number of amides is 1. The normalized spacial score (nSPS) is 16.8. The van der Waals surface area contributed by atoms with Crippen LogP contribution in [0.3, 0.4) is 0 Å². The maximum Gasteiger partial charge on any atom is 0.223 e. The molecule has 1 aromatic carbocycles. The van der Waals surface area contributed by atoms with Crippen LogP contribution in [-0.2, 0) is 9.59 Å². The van der Waals surface area contributed by atoms with Gasteiger partial charge in [-0.15, -0.1) is 0 Å². The van der Waals surface area contributed by atoms with Crippen LogP contribution in [0.1, 0.15) is 42.5 Å². The molecule has 5 nitrogen and oxygen atoms in total. The van der Waals surface area contributed by atoms with Gasteiger partial charge < -0.3 is 4.90 Å². The van der Waals surface area contributed by atoms with Crippen molar-refractivity contribution in [2.75, 3.05) is 6.54 Å². The summed E-state index contributed by atoms with van der Waals surface area (Å²) in [6, 6.07) is 15.7. The molecule has 0 aliphatic carbocycles. The van der Waals surface area contributed by atoms with Gasteiger partial charge in [0.05, 0.1) is 11.8 Å². The molecule has 1 saturated heterocycles. The van der Waals surface area contributed by atoms with E-state index in [1.54, 1.807) is 29.3 Å². The number of ketones is 1. The van der Waals surface area contributed by atoms with E-state index in [1.165, 1.54) is 0 Å². The number of benzene rings is 1. The van der Waals surface area contributed by atoms with Gasteiger partial charge in [-0.1, -0.05) is 36.4 Å². The predicted octanol–water partition coefficient (Wildman–Crippen LogP) is 3.01. The highest BCUT2D eigenvalue weighted by atomic mass is 16.2. The summed E-state index contributed by atoms with van der Waals surface area (Å²) in [5.41, 5.74) is 1.15. The molecule has 3 rings (SSSR count). The Morgan fingerprint density at radius 2 is 1.88 bits per heavy atom. The monoisotopic (exact) mass is 333 g/mol. The first-order valence-electron chi connectivity index (χ1n) is 8.41. The van der Waals surface area contributed by atoms with E-state index in [1.807, 2.05) is 30.3 Å². The van der Waals surface area contributed by atoms with E-state index in [0.717, 1.165) is 18.4 Å². The van der Waals surface area contributed by atoms with Crippen molar-refractivity contribution < 1.29 is 9.59 Å². The van der Waals surface area contributed by atoms with Crippen LogP contribution in [0.15, 0.2) is 54.7 Å². The summed E-state index contributed by atoms with van der Waals surface area (Å²) >= 11 is 0. The first-order valence-corrected chi connectivity index (χ1v) is 8.41. The molecule has 1 aromatic heterocycles. The van der Waals surface area contributed by atoms with E-state index in [9.17, 15) is 14.9 Å². The molecule has 1 aliphatic rings. The van der Waals surface area contributed by atoms with Crippen LogP contribution in [0.2, 0.25) is 0 Å². The Bertz CT molecular complexity index is 784. The highest BCUT2D eigenvalue weighted by molar-refractivity contribution is 5.96. The van der Waals surface area contributed by atoms with Crippen molar-refractivity contribution in [3.8, 4) is 6.07 Å². The molecule has 2 heterocycles. The largest absolute Gasteiger partial charge is 0.328 e. The maximum absolute atomic E-state index is 13.3. The van der Waals surface area contributed by atoms with Crippen LogP contribution in [0, 0.1) is 11.3 Å². The summed E-state index contributed by atoms with van der Waals surface area (Å²) in [5.74, 6) is -1.34. The van der Waals surface area contributed by atoms with Gasteiger partial charge >= 0.3 is 0 Å². The number of aromatic nitrogens is 1. The van der Waals surface area contributed by atoms with E-state index in [2.05, 4.69) is 11.1 Å². The SMILES string of the molecule is N#C[C@H](C(=O)[C@H](c1ccccc1)N1CCCCC1=O)c1ccccn1. The van der Waals surface area contributed by atoms with Crippen molar-refractivity contribution in [3.05, 3.63) is 66.0 Å². The minimum Gasteiger partial charge on any atom is -0.328 e. The number of hydrogen-bond donors (Lipinski definition) is 0. The number of piperidine rings is 1.